The van der Waals surface area contributed by atoms with Gasteiger partial charge in [0.05, 0.1) is 11.6 Å². The predicted molar refractivity (Wildman–Crippen MR) is 84.0 cm³/mol. The molecule has 1 aromatic carbocycles. The maximum Gasteiger partial charge on any atom is 0.239 e. The predicted octanol–water partition coefficient (Wildman–Crippen LogP) is 2.29. The molecule has 0 bridgehead atoms. The maximum atomic E-state index is 5.74. The van der Waals surface area contributed by atoms with Crippen molar-refractivity contribution in [2.45, 2.75) is 31.8 Å². The molecule has 1 aromatic heterocycles. The summed E-state index contributed by atoms with van der Waals surface area (Å²) in [5.41, 5.74) is 3.38. The molecule has 0 radical (unpaired) electrons. The summed E-state index contributed by atoms with van der Waals surface area (Å²) in [4.78, 5) is 8.74. The van der Waals surface area contributed by atoms with Crippen LogP contribution in [0.25, 0.3) is 10.9 Å². The lowest BCUT2D eigenvalue weighted by molar-refractivity contribution is 0.0134. The van der Waals surface area contributed by atoms with Crippen LogP contribution in [0.15, 0.2) is 24.3 Å². The largest absolute Gasteiger partial charge is 0.378 e. The first-order valence-electron chi connectivity index (χ1n) is 7.45. The van der Waals surface area contributed by atoms with Crippen LogP contribution in [0.1, 0.15) is 25.7 Å². The van der Waals surface area contributed by atoms with Crippen LogP contribution in [0.4, 0.5) is 11.8 Å². The first kappa shape index (κ1) is 14.0. The van der Waals surface area contributed by atoms with Crippen LogP contribution >= 0.6 is 0 Å². The molecule has 2 aromatic rings. The highest BCUT2D eigenvalue weighted by atomic mass is 16.5. The van der Waals surface area contributed by atoms with Gasteiger partial charge in [-0.25, -0.2) is 10.8 Å². The summed E-state index contributed by atoms with van der Waals surface area (Å²) >= 11 is 0. The Morgan fingerprint density at radius 2 is 2.14 bits per heavy atom. The van der Waals surface area contributed by atoms with Gasteiger partial charge in [-0.05, 0) is 37.8 Å². The van der Waals surface area contributed by atoms with Gasteiger partial charge in [-0.15, -0.1) is 0 Å². The lowest BCUT2D eigenvalue weighted by Gasteiger charge is -2.22. The van der Waals surface area contributed by atoms with E-state index >= 15 is 0 Å². The molecule has 2 heterocycles. The van der Waals surface area contributed by atoms with E-state index in [0.29, 0.717) is 12.1 Å². The standard InChI is InChI=1S/C15H21N5O/c16-20-15-18-13-7-2-1-6-12(13)14(19-15)17-9-8-11-5-3-4-10-21-11/h1-2,6-7,11H,3-5,8-10,16H2,(H2,17,18,19,20). The normalized spacial score (nSPS) is 18.6. The van der Waals surface area contributed by atoms with Crippen LogP contribution in [-0.2, 0) is 4.74 Å². The van der Waals surface area contributed by atoms with Crippen LogP contribution in [0.5, 0.6) is 0 Å². The van der Waals surface area contributed by atoms with Gasteiger partial charge in [-0.3, -0.25) is 5.43 Å². The number of benzene rings is 1. The molecule has 21 heavy (non-hydrogen) atoms. The highest BCUT2D eigenvalue weighted by Crippen LogP contribution is 2.22. The van der Waals surface area contributed by atoms with Crippen molar-refractivity contribution in [1.82, 2.24) is 9.97 Å². The second-order valence-corrected chi connectivity index (χ2v) is 5.26. The van der Waals surface area contributed by atoms with E-state index in [0.717, 1.165) is 42.7 Å². The minimum Gasteiger partial charge on any atom is -0.378 e. The zero-order valence-corrected chi connectivity index (χ0v) is 12.0. The number of para-hydroxylation sites is 1. The Bertz CT molecular complexity index is 598. The van der Waals surface area contributed by atoms with Gasteiger partial charge in [0.25, 0.3) is 0 Å². The van der Waals surface area contributed by atoms with Gasteiger partial charge >= 0.3 is 0 Å². The maximum absolute atomic E-state index is 5.74. The van der Waals surface area contributed by atoms with E-state index in [4.69, 9.17) is 10.6 Å². The van der Waals surface area contributed by atoms with Crippen LogP contribution in [-0.4, -0.2) is 29.2 Å². The zero-order chi connectivity index (χ0) is 14.5. The highest BCUT2D eigenvalue weighted by Gasteiger charge is 2.13. The van der Waals surface area contributed by atoms with Crippen LogP contribution in [0.3, 0.4) is 0 Å². The zero-order valence-electron chi connectivity index (χ0n) is 12.0. The molecule has 1 aliphatic rings. The van der Waals surface area contributed by atoms with Gasteiger partial charge in [0.1, 0.15) is 5.82 Å². The molecule has 1 atom stereocenters. The fourth-order valence-electron chi connectivity index (χ4n) is 2.66. The average Bonchev–Trinajstić information content (AvgIpc) is 2.55. The molecule has 0 spiro atoms. The van der Waals surface area contributed by atoms with Gasteiger partial charge in [0, 0.05) is 18.5 Å². The van der Waals surface area contributed by atoms with Gasteiger partial charge in [-0.2, -0.15) is 4.98 Å². The third-order valence-corrected chi connectivity index (χ3v) is 3.77. The van der Waals surface area contributed by atoms with E-state index in [-0.39, 0.29) is 0 Å². The number of nitrogen functional groups attached to an aromatic ring is 1. The summed E-state index contributed by atoms with van der Waals surface area (Å²) in [6.45, 7) is 1.72. The van der Waals surface area contributed by atoms with Crippen molar-refractivity contribution < 1.29 is 4.74 Å². The van der Waals surface area contributed by atoms with E-state index in [1.54, 1.807) is 0 Å². The lowest BCUT2D eigenvalue weighted by atomic mass is 10.1. The fourth-order valence-corrected chi connectivity index (χ4v) is 2.66. The molecule has 1 aliphatic heterocycles. The van der Waals surface area contributed by atoms with Crippen LogP contribution < -0.4 is 16.6 Å². The Morgan fingerprint density at radius 1 is 1.24 bits per heavy atom. The van der Waals surface area contributed by atoms with Crippen molar-refractivity contribution in [1.29, 1.82) is 0 Å². The van der Waals surface area contributed by atoms with Gasteiger partial charge in [0.2, 0.25) is 5.95 Å². The minimum absolute atomic E-state index is 0.367. The molecule has 6 nitrogen and oxygen atoms in total. The van der Waals surface area contributed by atoms with Crippen molar-refractivity contribution in [2.24, 2.45) is 5.84 Å². The Balaban J connectivity index is 1.70. The second-order valence-electron chi connectivity index (χ2n) is 5.26. The van der Waals surface area contributed by atoms with Gasteiger partial charge in [0.15, 0.2) is 0 Å². The number of nitrogens with two attached hydrogens (primary N) is 1. The summed E-state index contributed by atoms with van der Waals surface area (Å²) in [5.74, 6) is 6.66. The fraction of sp³-hybridized carbons (Fsp3) is 0.467. The molecule has 3 rings (SSSR count). The smallest absolute Gasteiger partial charge is 0.239 e. The van der Waals surface area contributed by atoms with E-state index in [9.17, 15) is 0 Å². The van der Waals surface area contributed by atoms with Crippen molar-refractivity contribution >= 4 is 22.7 Å². The van der Waals surface area contributed by atoms with Crippen LogP contribution in [0.2, 0.25) is 0 Å². The number of hydrogen-bond acceptors (Lipinski definition) is 6. The number of nitrogens with zero attached hydrogens (tertiary/aromatic N) is 2. The van der Waals surface area contributed by atoms with E-state index in [2.05, 4.69) is 20.7 Å². The first-order valence-corrected chi connectivity index (χ1v) is 7.45. The number of rotatable bonds is 5. The van der Waals surface area contributed by atoms with Gasteiger partial charge in [-0.1, -0.05) is 12.1 Å². The molecule has 1 saturated heterocycles. The first-order chi connectivity index (χ1) is 10.4. The number of hydrazine groups is 1. The Hall–Kier alpha value is -1.92. The van der Waals surface area contributed by atoms with Crippen molar-refractivity contribution in [2.75, 3.05) is 23.9 Å². The molecular weight excluding hydrogens is 266 g/mol. The summed E-state index contributed by atoms with van der Waals surface area (Å²) in [5, 5.41) is 4.38. The number of anilines is 2. The molecule has 0 aliphatic carbocycles. The molecular formula is C15H21N5O. The topological polar surface area (TPSA) is 85.1 Å². The van der Waals surface area contributed by atoms with Crippen LogP contribution in [0, 0.1) is 0 Å². The van der Waals surface area contributed by atoms with Gasteiger partial charge < -0.3 is 10.1 Å². The number of nitrogens with one attached hydrogen (secondary N) is 2. The monoisotopic (exact) mass is 287 g/mol. The SMILES string of the molecule is NNc1nc(NCCC2CCCCO2)c2ccccc2n1. The molecule has 0 amide bonds. The Kier molecular flexibility index (Phi) is 4.47. The van der Waals surface area contributed by atoms with Crippen molar-refractivity contribution in [3.05, 3.63) is 24.3 Å². The summed E-state index contributed by atoms with van der Waals surface area (Å²) in [7, 11) is 0. The summed E-state index contributed by atoms with van der Waals surface area (Å²) < 4.78 is 5.74. The lowest BCUT2D eigenvalue weighted by Crippen LogP contribution is -2.22. The second kappa shape index (κ2) is 6.69. The molecule has 4 N–H and O–H groups in total. The number of aromatic nitrogens is 2. The molecule has 6 heteroatoms. The third-order valence-electron chi connectivity index (χ3n) is 3.77. The molecule has 1 fully saturated rings. The minimum atomic E-state index is 0.367. The molecule has 112 valence electrons. The van der Waals surface area contributed by atoms with E-state index in [1.807, 2.05) is 24.3 Å². The number of ether oxygens (including phenoxy) is 1. The average molecular weight is 287 g/mol. The highest BCUT2D eigenvalue weighted by molar-refractivity contribution is 5.89. The summed E-state index contributed by atoms with van der Waals surface area (Å²) in [6.07, 6.45) is 4.96. The van der Waals surface area contributed by atoms with Crippen molar-refractivity contribution in [3.63, 3.8) is 0 Å². The Labute approximate surface area is 124 Å². The third kappa shape index (κ3) is 3.40. The number of hydrogen-bond donors (Lipinski definition) is 3. The summed E-state index contributed by atoms with van der Waals surface area (Å²) in [6, 6.07) is 7.90. The van der Waals surface area contributed by atoms with E-state index < -0.39 is 0 Å². The quantitative estimate of drug-likeness (QED) is 0.578. The number of fused-ring (bicyclic) bond motifs is 1. The van der Waals surface area contributed by atoms with Crippen molar-refractivity contribution in [3.8, 4) is 0 Å². The van der Waals surface area contributed by atoms with E-state index in [1.165, 1.54) is 12.8 Å². The molecule has 1 unspecified atom stereocenters. The Morgan fingerprint density at radius 3 is 2.95 bits per heavy atom. The molecule has 0 saturated carbocycles.